The standard InChI is InChI=1S/C20H19NO7S/c1-26-18(23)11-6-8-12(9-7-11)19(24)28-10-15(22)21-17-16(20(25)27-2)13-4-3-5-14(13)29-17/h6-9H,3-5,10H2,1-2H3,(H,21,22). The molecule has 2 aromatic rings. The van der Waals surface area contributed by atoms with Crippen molar-refractivity contribution >= 4 is 40.2 Å². The molecule has 1 aromatic heterocycles. The van der Waals surface area contributed by atoms with Gasteiger partial charge in [-0.05, 0) is 49.1 Å². The Hall–Kier alpha value is -3.20. The molecule has 0 fully saturated rings. The number of carbonyl (C=O) groups is 4. The van der Waals surface area contributed by atoms with Crippen LogP contribution in [0.15, 0.2) is 24.3 Å². The number of hydrogen-bond donors (Lipinski definition) is 1. The Morgan fingerprint density at radius 2 is 1.55 bits per heavy atom. The Morgan fingerprint density at radius 1 is 0.931 bits per heavy atom. The van der Waals surface area contributed by atoms with Gasteiger partial charge in [-0.15, -0.1) is 11.3 Å². The van der Waals surface area contributed by atoms with Crippen molar-refractivity contribution in [3.05, 3.63) is 51.4 Å². The fourth-order valence-electron chi connectivity index (χ4n) is 3.05. The lowest BCUT2D eigenvalue weighted by atomic mass is 10.1. The summed E-state index contributed by atoms with van der Waals surface area (Å²) in [7, 11) is 2.55. The van der Waals surface area contributed by atoms with Crippen molar-refractivity contribution in [1.29, 1.82) is 0 Å². The molecule has 8 nitrogen and oxygen atoms in total. The Bertz CT molecular complexity index is 962. The Morgan fingerprint density at radius 3 is 2.17 bits per heavy atom. The number of carbonyl (C=O) groups excluding carboxylic acids is 4. The van der Waals surface area contributed by atoms with Gasteiger partial charge in [0.1, 0.15) is 5.00 Å². The number of hydrogen-bond acceptors (Lipinski definition) is 8. The van der Waals surface area contributed by atoms with E-state index in [1.165, 1.54) is 49.8 Å². The first-order valence-corrected chi connectivity index (χ1v) is 9.64. The second-order valence-electron chi connectivity index (χ2n) is 6.25. The van der Waals surface area contributed by atoms with E-state index in [0.717, 1.165) is 29.7 Å². The lowest BCUT2D eigenvalue weighted by Gasteiger charge is -2.08. The number of amides is 1. The van der Waals surface area contributed by atoms with Crippen molar-refractivity contribution in [2.24, 2.45) is 0 Å². The molecule has 0 saturated heterocycles. The number of aryl methyl sites for hydroxylation is 1. The van der Waals surface area contributed by atoms with E-state index in [9.17, 15) is 19.2 Å². The number of anilines is 1. The van der Waals surface area contributed by atoms with Gasteiger partial charge in [0.2, 0.25) is 0 Å². The lowest BCUT2D eigenvalue weighted by molar-refractivity contribution is -0.119. The van der Waals surface area contributed by atoms with Crippen molar-refractivity contribution in [2.75, 3.05) is 26.1 Å². The Labute approximate surface area is 170 Å². The molecule has 1 N–H and O–H groups in total. The number of nitrogens with one attached hydrogen (secondary N) is 1. The van der Waals surface area contributed by atoms with Crippen molar-refractivity contribution in [3.63, 3.8) is 0 Å². The second kappa shape index (κ2) is 8.87. The molecular formula is C20H19NO7S. The molecule has 1 aliphatic carbocycles. The predicted molar refractivity (Wildman–Crippen MR) is 104 cm³/mol. The maximum Gasteiger partial charge on any atom is 0.341 e. The minimum absolute atomic E-state index is 0.191. The number of esters is 3. The van der Waals surface area contributed by atoms with E-state index in [1.54, 1.807) is 0 Å². The summed E-state index contributed by atoms with van der Waals surface area (Å²) < 4.78 is 14.4. The Balaban J connectivity index is 1.61. The van der Waals surface area contributed by atoms with Gasteiger partial charge in [0, 0.05) is 4.88 Å². The molecule has 1 aliphatic rings. The Kier molecular flexibility index (Phi) is 6.28. The normalized spacial score (nSPS) is 12.1. The number of thiophene rings is 1. The molecule has 152 valence electrons. The van der Waals surface area contributed by atoms with Gasteiger partial charge in [-0.2, -0.15) is 0 Å². The molecule has 0 spiro atoms. The molecule has 0 unspecified atom stereocenters. The van der Waals surface area contributed by atoms with E-state index in [0.29, 0.717) is 16.1 Å². The third kappa shape index (κ3) is 4.45. The van der Waals surface area contributed by atoms with E-state index in [-0.39, 0.29) is 5.56 Å². The van der Waals surface area contributed by atoms with Crippen LogP contribution in [0.5, 0.6) is 0 Å². The summed E-state index contributed by atoms with van der Waals surface area (Å²) in [5.41, 5.74) is 1.78. The SMILES string of the molecule is COC(=O)c1ccc(C(=O)OCC(=O)Nc2sc3c(c2C(=O)OC)CCC3)cc1. The van der Waals surface area contributed by atoms with Gasteiger partial charge < -0.3 is 19.5 Å². The maximum absolute atomic E-state index is 12.2. The van der Waals surface area contributed by atoms with Crippen LogP contribution in [0.25, 0.3) is 0 Å². The minimum atomic E-state index is -0.710. The molecule has 1 aromatic carbocycles. The highest BCUT2D eigenvalue weighted by Crippen LogP contribution is 2.39. The quantitative estimate of drug-likeness (QED) is 0.568. The molecule has 0 bridgehead atoms. The number of fused-ring (bicyclic) bond motifs is 1. The fraction of sp³-hybridized carbons (Fsp3) is 0.300. The molecule has 29 heavy (non-hydrogen) atoms. The fourth-order valence-corrected chi connectivity index (χ4v) is 4.34. The highest BCUT2D eigenvalue weighted by molar-refractivity contribution is 7.17. The van der Waals surface area contributed by atoms with E-state index in [4.69, 9.17) is 9.47 Å². The third-order valence-corrected chi connectivity index (χ3v) is 5.65. The van der Waals surface area contributed by atoms with Gasteiger partial charge in [-0.3, -0.25) is 4.79 Å². The first kappa shape index (κ1) is 20.5. The molecule has 3 rings (SSSR count). The highest BCUT2D eigenvalue weighted by atomic mass is 32.1. The molecule has 1 amide bonds. The number of benzene rings is 1. The first-order chi connectivity index (χ1) is 13.9. The average Bonchev–Trinajstić information content (AvgIpc) is 3.31. The molecule has 0 saturated carbocycles. The smallest absolute Gasteiger partial charge is 0.341 e. The number of rotatable bonds is 6. The van der Waals surface area contributed by atoms with Crippen LogP contribution in [0, 0.1) is 0 Å². The van der Waals surface area contributed by atoms with Crippen molar-refractivity contribution in [2.45, 2.75) is 19.3 Å². The maximum atomic E-state index is 12.2. The number of methoxy groups -OCH3 is 2. The minimum Gasteiger partial charge on any atom is -0.465 e. The van der Waals surface area contributed by atoms with Gasteiger partial charge in [0.05, 0.1) is 30.9 Å². The van der Waals surface area contributed by atoms with Crippen molar-refractivity contribution < 1.29 is 33.4 Å². The zero-order valence-electron chi connectivity index (χ0n) is 15.9. The van der Waals surface area contributed by atoms with Gasteiger partial charge >= 0.3 is 17.9 Å². The largest absolute Gasteiger partial charge is 0.465 e. The van der Waals surface area contributed by atoms with E-state index < -0.39 is 30.4 Å². The molecule has 0 atom stereocenters. The van der Waals surface area contributed by atoms with Crippen LogP contribution in [0.2, 0.25) is 0 Å². The molecule has 1 heterocycles. The van der Waals surface area contributed by atoms with Crippen molar-refractivity contribution in [1.82, 2.24) is 0 Å². The van der Waals surface area contributed by atoms with Crippen molar-refractivity contribution in [3.8, 4) is 0 Å². The van der Waals surface area contributed by atoms with Crippen LogP contribution in [-0.2, 0) is 31.8 Å². The zero-order valence-corrected chi connectivity index (χ0v) is 16.7. The summed E-state index contributed by atoms with van der Waals surface area (Å²) in [6, 6.07) is 5.67. The zero-order chi connectivity index (χ0) is 21.0. The molecular weight excluding hydrogens is 398 g/mol. The molecule has 0 radical (unpaired) electrons. The highest BCUT2D eigenvalue weighted by Gasteiger charge is 2.28. The summed E-state index contributed by atoms with van der Waals surface area (Å²) in [5.74, 6) is -2.29. The monoisotopic (exact) mass is 417 g/mol. The van der Waals surface area contributed by atoms with E-state index in [2.05, 4.69) is 10.1 Å². The van der Waals surface area contributed by atoms with Crippen LogP contribution in [-0.4, -0.2) is 44.6 Å². The number of ether oxygens (including phenoxy) is 3. The molecule has 9 heteroatoms. The average molecular weight is 417 g/mol. The lowest BCUT2D eigenvalue weighted by Crippen LogP contribution is -2.21. The summed E-state index contributed by atoms with van der Waals surface area (Å²) in [4.78, 5) is 48.9. The van der Waals surface area contributed by atoms with E-state index >= 15 is 0 Å². The first-order valence-electron chi connectivity index (χ1n) is 8.82. The van der Waals surface area contributed by atoms with Crippen LogP contribution >= 0.6 is 11.3 Å². The summed E-state index contributed by atoms with van der Waals surface area (Å²) in [6.07, 6.45) is 2.59. The summed E-state index contributed by atoms with van der Waals surface area (Å²) >= 11 is 1.34. The van der Waals surface area contributed by atoms with Crippen LogP contribution < -0.4 is 5.32 Å². The van der Waals surface area contributed by atoms with Gasteiger partial charge in [0.15, 0.2) is 6.61 Å². The van der Waals surface area contributed by atoms with Gasteiger partial charge in [0.25, 0.3) is 5.91 Å². The van der Waals surface area contributed by atoms with Crippen LogP contribution in [0.1, 0.15) is 47.9 Å². The summed E-state index contributed by atoms with van der Waals surface area (Å²) in [5, 5.41) is 3.04. The van der Waals surface area contributed by atoms with Gasteiger partial charge in [-0.25, -0.2) is 14.4 Å². The summed E-state index contributed by atoms with van der Waals surface area (Å²) in [6.45, 7) is -0.513. The van der Waals surface area contributed by atoms with Crippen LogP contribution in [0.4, 0.5) is 5.00 Å². The third-order valence-electron chi connectivity index (χ3n) is 4.44. The predicted octanol–water partition coefficient (Wildman–Crippen LogP) is 2.61. The molecule has 0 aliphatic heterocycles. The second-order valence-corrected chi connectivity index (χ2v) is 7.35. The topological polar surface area (TPSA) is 108 Å². The van der Waals surface area contributed by atoms with Gasteiger partial charge in [-0.1, -0.05) is 0 Å². The van der Waals surface area contributed by atoms with E-state index in [1.807, 2.05) is 0 Å². The van der Waals surface area contributed by atoms with Crippen LogP contribution in [0.3, 0.4) is 0 Å².